The van der Waals surface area contributed by atoms with Crippen LogP contribution in [0.2, 0.25) is 0 Å². The molecule has 3 saturated heterocycles. The fraction of sp³-hybridized carbons (Fsp3) is 0.660. The van der Waals surface area contributed by atoms with E-state index in [4.69, 9.17) is 33.2 Å². The second-order valence-electron chi connectivity index (χ2n) is 22.4. The Kier molecular flexibility index (Phi) is 13.6. The predicted molar refractivity (Wildman–Crippen MR) is 252 cm³/mol. The maximum absolute atomic E-state index is 14.6. The van der Waals surface area contributed by atoms with E-state index in [9.17, 15) is 34.5 Å². The number of aliphatic hydroxyl groups is 3. The number of aliphatic hydroxyl groups excluding tert-OH is 2. The van der Waals surface area contributed by atoms with Crippen molar-refractivity contribution in [1.82, 2.24) is 15.5 Å². The van der Waals surface area contributed by atoms with Gasteiger partial charge in [-0.15, -0.1) is 0 Å². The number of amides is 1. The van der Waals surface area contributed by atoms with E-state index in [0.717, 1.165) is 25.9 Å². The predicted octanol–water partition coefficient (Wildman–Crippen LogP) is 4.66. The van der Waals surface area contributed by atoms with Crippen molar-refractivity contribution < 1.29 is 67.7 Å². The molecule has 2 unspecified atom stereocenters. The molecule has 70 heavy (non-hydrogen) atoms. The van der Waals surface area contributed by atoms with E-state index < -0.39 is 113 Å². The molecule has 13 atom stereocenters. The molecule has 2 aromatic rings. The van der Waals surface area contributed by atoms with E-state index in [0.29, 0.717) is 35.3 Å². The molecule has 6 fully saturated rings. The summed E-state index contributed by atoms with van der Waals surface area (Å²) < 4.78 is 45.3. The van der Waals surface area contributed by atoms with Gasteiger partial charge >= 0.3 is 24.0 Å². The summed E-state index contributed by atoms with van der Waals surface area (Å²) in [6.45, 7) is 15.5. The van der Waals surface area contributed by atoms with E-state index in [1.165, 1.54) is 19.8 Å². The van der Waals surface area contributed by atoms with E-state index in [1.807, 2.05) is 20.8 Å². The monoisotopic (exact) mass is 973 g/mol. The Morgan fingerprint density at radius 3 is 2.16 bits per heavy atom. The minimum atomic E-state index is -2.19. The number of nitrogens with zero attached hydrogens (tertiary/aromatic N) is 1. The molecule has 382 valence electrons. The van der Waals surface area contributed by atoms with Crippen molar-refractivity contribution in [3.63, 3.8) is 0 Å². The number of rotatable bonds is 12. The minimum Gasteiger partial charge on any atom is -0.456 e. The number of nitrogens with one attached hydrogen (secondary N) is 2. The van der Waals surface area contributed by atoms with Gasteiger partial charge in [0.25, 0.3) is 0 Å². The van der Waals surface area contributed by atoms with Crippen LogP contribution in [0.5, 0.6) is 0 Å². The lowest BCUT2D eigenvalue weighted by atomic mass is 9.44. The van der Waals surface area contributed by atoms with Crippen LogP contribution in [0, 0.1) is 16.7 Å². The highest BCUT2D eigenvalue weighted by Crippen LogP contribution is 2.67. The lowest BCUT2D eigenvalue weighted by molar-refractivity contribution is -0.362. The molecule has 5 N–H and O–H groups in total. The highest BCUT2D eigenvalue weighted by atomic mass is 16.7. The number of carbonyl (C=O) groups excluding carboxylic acids is 4. The summed E-state index contributed by atoms with van der Waals surface area (Å²) in [5, 5.41) is 45.1. The summed E-state index contributed by atoms with van der Waals surface area (Å²) in [6, 6.07) is 16.4. The Bertz CT molecular complexity index is 2310. The average molecular weight is 974 g/mol. The molecule has 17 heteroatoms. The maximum Gasteiger partial charge on any atom is 0.408 e. The van der Waals surface area contributed by atoms with Crippen molar-refractivity contribution in [3.8, 4) is 0 Å². The molecule has 3 heterocycles. The van der Waals surface area contributed by atoms with E-state index in [1.54, 1.807) is 88.4 Å². The van der Waals surface area contributed by atoms with Gasteiger partial charge in [0.05, 0.1) is 36.3 Å². The molecule has 9 rings (SSSR count). The number of esters is 3. The highest BCUT2D eigenvalue weighted by Gasteiger charge is 2.79. The number of piperidine rings is 1. The third-order valence-electron chi connectivity index (χ3n) is 16.4. The lowest BCUT2D eigenvalue weighted by Gasteiger charge is -2.68. The molecule has 1 amide bonds. The molecular weight excluding hydrogens is 903 g/mol. The van der Waals surface area contributed by atoms with Crippen LogP contribution in [-0.4, -0.2) is 148 Å². The lowest BCUT2D eigenvalue weighted by Crippen LogP contribution is -2.82. The van der Waals surface area contributed by atoms with Crippen LogP contribution in [0.15, 0.2) is 71.8 Å². The van der Waals surface area contributed by atoms with E-state index >= 15 is 0 Å². The van der Waals surface area contributed by atoms with Crippen LogP contribution in [0.1, 0.15) is 116 Å². The van der Waals surface area contributed by atoms with Gasteiger partial charge in [0.15, 0.2) is 18.0 Å². The first-order valence-corrected chi connectivity index (χ1v) is 25.0. The second kappa shape index (κ2) is 18.9. The largest absolute Gasteiger partial charge is 0.456 e. The Morgan fingerprint density at radius 2 is 1.56 bits per heavy atom. The number of hydrogen-bond donors (Lipinski definition) is 5. The molecule has 2 bridgehead atoms. The maximum atomic E-state index is 14.6. The number of benzene rings is 2. The Balaban J connectivity index is 1.15. The normalized spacial score (nSPS) is 35.8. The van der Waals surface area contributed by atoms with Crippen molar-refractivity contribution in [2.75, 3.05) is 26.2 Å². The fourth-order valence-corrected chi connectivity index (χ4v) is 12.6. The molecular formula is C53H71N3O14. The molecule has 0 radical (unpaired) electrons. The van der Waals surface area contributed by atoms with E-state index in [-0.39, 0.29) is 25.0 Å². The Morgan fingerprint density at radius 1 is 0.914 bits per heavy atom. The zero-order chi connectivity index (χ0) is 50.1. The van der Waals surface area contributed by atoms with Gasteiger partial charge in [0.1, 0.15) is 35.6 Å². The highest BCUT2D eigenvalue weighted by molar-refractivity contribution is 5.89. The minimum absolute atomic E-state index is 0.0380. The smallest absolute Gasteiger partial charge is 0.408 e. The molecule has 4 aliphatic carbocycles. The van der Waals surface area contributed by atoms with Crippen LogP contribution < -0.4 is 10.6 Å². The molecule has 7 aliphatic rings. The Hall–Kier alpha value is -4.46. The summed E-state index contributed by atoms with van der Waals surface area (Å²) in [5.74, 6) is -3.75. The molecule has 0 spiro atoms. The zero-order valence-electron chi connectivity index (χ0n) is 41.6. The first-order chi connectivity index (χ1) is 33.1. The number of hydrogen-bond acceptors (Lipinski definition) is 16. The van der Waals surface area contributed by atoms with Crippen LogP contribution in [0.3, 0.4) is 0 Å². The van der Waals surface area contributed by atoms with Crippen molar-refractivity contribution in [2.24, 2.45) is 16.7 Å². The standard InChI is InChI=1S/C53H71N3O14/c1-29-35(65-47(61)41(59)40(31-15-11-9-12-16-31)55-48(62)70-49(3,4)5)26-53(63)45(68-46(60)32-17-13-10-14-18-32)43-51(8,36(58)25-37-52(43,28-64-37)69-30(2)57)44-42(39(29)50(53,6)7)66-38(67-44)27-56-23-21-34(22-24-56)54-33-19-20-33/h9-18,33-38,40-45,54,58-59,63H,19-28H2,1-8H3,(H,55,62)/t35-,36-,37?,38?,40-,41+,42+,43-,44+,45-,51+,52-,53+/m0/s1. The summed E-state index contributed by atoms with van der Waals surface area (Å²) in [5.41, 5.74) is -5.87. The zero-order valence-corrected chi connectivity index (χ0v) is 41.6. The number of carbonyl (C=O) groups is 4. The molecule has 3 saturated carbocycles. The van der Waals surface area contributed by atoms with Gasteiger partial charge in [-0.2, -0.15) is 0 Å². The van der Waals surface area contributed by atoms with Gasteiger partial charge < -0.3 is 59.1 Å². The topological polar surface area (TPSA) is 221 Å². The number of ether oxygens (including phenoxy) is 7. The quantitative estimate of drug-likeness (QED) is 0.111. The van der Waals surface area contributed by atoms with Crippen LogP contribution >= 0.6 is 0 Å². The summed E-state index contributed by atoms with van der Waals surface area (Å²) in [7, 11) is 0. The first-order valence-electron chi connectivity index (χ1n) is 25.0. The molecule has 0 aromatic heterocycles. The second-order valence-corrected chi connectivity index (χ2v) is 22.4. The van der Waals surface area contributed by atoms with Gasteiger partial charge in [0.2, 0.25) is 0 Å². The number of alkyl carbamates (subject to hydrolysis) is 1. The van der Waals surface area contributed by atoms with Crippen molar-refractivity contribution in [1.29, 1.82) is 0 Å². The third kappa shape index (κ3) is 9.18. The molecule has 2 aromatic carbocycles. The van der Waals surface area contributed by atoms with E-state index in [2.05, 4.69) is 15.5 Å². The van der Waals surface area contributed by atoms with Crippen LogP contribution in [0.4, 0.5) is 4.79 Å². The SMILES string of the molecule is CC(=O)O[C@@]12COC1C[C@H](O)[C@@]1(C)[C@@H]3OC(CN4CCC(NC5CC5)CC4)O[C@@H]3C3=C(C)[C@@H](OC(=O)[C@H](O)[C@@H](NC(=O)OC(C)(C)C)c4ccccc4)C[C@@](O)([C@@H](OC(=O)c4ccccc4)[C@@H]12)C3(C)C. The molecule has 3 aliphatic heterocycles. The van der Waals surface area contributed by atoms with Gasteiger partial charge in [-0.1, -0.05) is 69.3 Å². The third-order valence-corrected chi connectivity index (χ3v) is 16.4. The summed E-state index contributed by atoms with van der Waals surface area (Å²) in [6.07, 6.45) is -6.66. The van der Waals surface area contributed by atoms with Gasteiger partial charge in [-0.3, -0.25) is 9.69 Å². The van der Waals surface area contributed by atoms with Crippen LogP contribution in [0.25, 0.3) is 0 Å². The average Bonchev–Trinajstić information content (AvgIpc) is 4.03. The van der Waals surface area contributed by atoms with Gasteiger partial charge in [-0.25, -0.2) is 14.4 Å². The molecule has 17 nitrogen and oxygen atoms in total. The van der Waals surface area contributed by atoms with Gasteiger partial charge in [-0.05, 0) is 95.3 Å². The number of fused-ring (bicyclic) bond motifs is 8. The van der Waals surface area contributed by atoms with Crippen LogP contribution in [-0.2, 0) is 42.7 Å². The van der Waals surface area contributed by atoms with Crippen molar-refractivity contribution in [3.05, 3.63) is 82.9 Å². The summed E-state index contributed by atoms with van der Waals surface area (Å²) >= 11 is 0. The van der Waals surface area contributed by atoms with Crippen molar-refractivity contribution >= 4 is 24.0 Å². The van der Waals surface area contributed by atoms with Gasteiger partial charge in [0, 0.05) is 49.2 Å². The number of likely N-dealkylation sites (tertiary alicyclic amines) is 1. The summed E-state index contributed by atoms with van der Waals surface area (Å²) in [4.78, 5) is 58.1. The Labute approximate surface area is 409 Å². The first kappa shape index (κ1) is 50.5. The fourth-order valence-electron chi connectivity index (χ4n) is 12.6. The van der Waals surface area contributed by atoms with Crippen molar-refractivity contribution in [2.45, 2.75) is 178 Å².